The van der Waals surface area contributed by atoms with Crippen molar-refractivity contribution in [2.75, 3.05) is 19.6 Å². The van der Waals surface area contributed by atoms with Crippen molar-refractivity contribution in [3.63, 3.8) is 0 Å². The molecule has 0 aromatic rings. The third kappa shape index (κ3) is 13.3. The van der Waals surface area contributed by atoms with Gasteiger partial charge in [-0.2, -0.15) is 0 Å². The fourth-order valence-electron chi connectivity index (χ4n) is 2.93. The van der Waals surface area contributed by atoms with E-state index in [1.165, 1.54) is 50.8 Å². The lowest BCUT2D eigenvalue weighted by molar-refractivity contribution is -0.116. The molecule has 2 nitrogen and oxygen atoms in total. The van der Waals surface area contributed by atoms with Crippen LogP contribution in [0.3, 0.4) is 0 Å². The third-order valence-electron chi connectivity index (χ3n) is 4.41. The van der Waals surface area contributed by atoms with Crippen LogP contribution < -0.4 is 0 Å². The summed E-state index contributed by atoms with van der Waals surface area (Å²) in [7, 11) is 0. The van der Waals surface area contributed by atoms with Crippen molar-refractivity contribution in [1.29, 1.82) is 0 Å². The second-order valence-electron chi connectivity index (χ2n) is 6.79. The molecule has 0 aromatic heterocycles. The standard InChI is InChI=1S/C21H39NO/c1-6-9-11-21(10-7-2)15-18-22(16-8-3)17-14-19(4)12-13-20(5)23/h6,9,21H,4,7-8,10-18H2,1-3,5H3/b9-6+. The van der Waals surface area contributed by atoms with E-state index in [9.17, 15) is 4.79 Å². The Morgan fingerprint density at radius 3 is 2.35 bits per heavy atom. The van der Waals surface area contributed by atoms with Crippen molar-refractivity contribution in [2.45, 2.75) is 79.1 Å². The molecule has 0 bridgehead atoms. The van der Waals surface area contributed by atoms with Crippen molar-refractivity contribution < 1.29 is 4.79 Å². The zero-order chi connectivity index (χ0) is 17.5. The summed E-state index contributed by atoms with van der Waals surface area (Å²) < 4.78 is 0. The first-order valence-electron chi connectivity index (χ1n) is 9.52. The summed E-state index contributed by atoms with van der Waals surface area (Å²) >= 11 is 0. The van der Waals surface area contributed by atoms with Crippen LogP contribution in [-0.2, 0) is 4.79 Å². The number of Topliss-reactive ketones (excluding diaryl/α,β-unsaturated/α-hetero) is 1. The molecule has 0 saturated heterocycles. The van der Waals surface area contributed by atoms with Crippen molar-refractivity contribution in [1.82, 2.24) is 4.90 Å². The fraction of sp³-hybridized carbons (Fsp3) is 0.762. The number of nitrogens with zero attached hydrogens (tertiary/aromatic N) is 1. The first-order chi connectivity index (χ1) is 11.0. The molecule has 0 N–H and O–H groups in total. The lowest BCUT2D eigenvalue weighted by Crippen LogP contribution is -2.28. The smallest absolute Gasteiger partial charge is 0.130 e. The van der Waals surface area contributed by atoms with Crippen LogP contribution in [0, 0.1) is 5.92 Å². The Balaban J connectivity index is 4.21. The summed E-state index contributed by atoms with van der Waals surface area (Å²) in [5.74, 6) is 1.08. The molecule has 0 saturated carbocycles. The topological polar surface area (TPSA) is 20.3 Å². The molecule has 23 heavy (non-hydrogen) atoms. The van der Waals surface area contributed by atoms with Crippen molar-refractivity contribution >= 4 is 5.78 Å². The van der Waals surface area contributed by atoms with Gasteiger partial charge < -0.3 is 9.69 Å². The van der Waals surface area contributed by atoms with Gasteiger partial charge in [0, 0.05) is 13.0 Å². The molecule has 0 rings (SSSR count). The summed E-state index contributed by atoms with van der Waals surface area (Å²) in [5.41, 5.74) is 1.22. The van der Waals surface area contributed by atoms with Gasteiger partial charge in [-0.1, -0.05) is 51.0 Å². The number of hydrogen-bond acceptors (Lipinski definition) is 2. The van der Waals surface area contributed by atoms with Crippen LogP contribution >= 0.6 is 0 Å². The quantitative estimate of drug-likeness (QED) is 0.356. The predicted octanol–water partition coefficient (Wildman–Crippen LogP) is 5.79. The van der Waals surface area contributed by atoms with Crippen LogP contribution in [0.5, 0.6) is 0 Å². The molecule has 0 aliphatic heterocycles. The zero-order valence-electron chi connectivity index (χ0n) is 16.1. The van der Waals surface area contributed by atoms with Gasteiger partial charge in [0.05, 0.1) is 0 Å². The number of ketones is 1. The van der Waals surface area contributed by atoms with Gasteiger partial charge in [0.15, 0.2) is 0 Å². The van der Waals surface area contributed by atoms with E-state index in [4.69, 9.17) is 0 Å². The molecule has 0 aromatic carbocycles. The van der Waals surface area contributed by atoms with Gasteiger partial charge in [0.1, 0.15) is 5.78 Å². The van der Waals surface area contributed by atoms with E-state index in [2.05, 4.69) is 44.4 Å². The highest BCUT2D eigenvalue weighted by molar-refractivity contribution is 5.75. The first-order valence-corrected chi connectivity index (χ1v) is 9.52. The van der Waals surface area contributed by atoms with Crippen LogP contribution in [0.25, 0.3) is 0 Å². The summed E-state index contributed by atoms with van der Waals surface area (Å²) in [6.07, 6.45) is 13.3. The minimum absolute atomic E-state index is 0.267. The number of carbonyl (C=O) groups excluding carboxylic acids is 1. The van der Waals surface area contributed by atoms with Crippen LogP contribution in [0.15, 0.2) is 24.3 Å². The van der Waals surface area contributed by atoms with Crippen LogP contribution in [0.4, 0.5) is 0 Å². The molecular weight excluding hydrogens is 282 g/mol. The normalized spacial score (nSPS) is 12.9. The van der Waals surface area contributed by atoms with E-state index < -0.39 is 0 Å². The van der Waals surface area contributed by atoms with Gasteiger partial charge in [0.25, 0.3) is 0 Å². The van der Waals surface area contributed by atoms with Gasteiger partial charge in [0.2, 0.25) is 0 Å². The molecule has 1 atom stereocenters. The predicted molar refractivity (Wildman–Crippen MR) is 103 cm³/mol. The zero-order valence-corrected chi connectivity index (χ0v) is 16.1. The van der Waals surface area contributed by atoms with Gasteiger partial charge in [-0.05, 0) is 65.0 Å². The van der Waals surface area contributed by atoms with E-state index in [-0.39, 0.29) is 5.78 Å². The second kappa shape index (κ2) is 14.7. The largest absolute Gasteiger partial charge is 0.303 e. The molecule has 0 aliphatic rings. The summed E-state index contributed by atoms with van der Waals surface area (Å²) in [4.78, 5) is 13.6. The highest BCUT2D eigenvalue weighted by Gasteiger charge is 2.10. The molecule has 2 heteroatoms. The number of hydrogen-bond donors (Lipinski definition) is 0. The minimum Gasteiger partial charge on any atom is -0.303 e. The highest BCUT2D eigenvalue weighted by Crippen LogP contribution is 2.18. The van der Waals surface area contributed by atoms with Gasteiger partial charge in [-0.25, -0.2) is 0 Å². The average molecular weight is 322 g/mol. The summed E-state index contributed by atoms with van der Waals surface area (Å²) in [6, 6.07) is 0. The van der Waals surface area contributed by atoms with E-state index in [1.54, 1.807) is 6.92 Å². The molecule has 0 spiro atoms. The van der Waals surface area contributed by atoms with Crippen molar-refractivity contribution in [3.8, 4) is 0 Å². The van der Waals surface area contributed by atoms with Crippen molar-refractivity contribution in [3.05, 3.63) is 24.3 Å². The van der Waals surface area contributed by atoms with Gasteiger partial charge >= 0.3 is 0 Å². The summed E-state index contributed by atoms with van der Waals surface area (Å²) in [6.45, 7) is 15.9. The Morgan fingerprint density at radius 2 is 1.78 bits per heavy atom. The Bertz CT molecular complexity index is 346. The highest BCUT2D eigenvalue weighted by atomic mass is 16.1. The minimum atomic E-state index is 0.267. The van der Waals surface area contributed by atoms with Crippen LogP contribution in [-0.4, -0.2) is 30.3 Å². The van der Waals surface area contributed by atoms with E-state index >= 15 is 0 Å². The lowest BCUT2D eigenvalue weighted by atomic mass is 9.95. The fourth-order valence-corrected chi connectivity index (χ4v) is 2.93. The van der Waals surface area contributed by atoms with Crippen molar-refractivity contribution in [2.24, 2.45) is 5.92 Å². The molecule has 0 fully saturated rings. The maximum absolute atomic E-state index is 11.1. The monoisotopic (exact) mass is 321 g/mol. The maximum atomic E-state index is 11.1. The Hall–Kier alpha value is -0.890. The van der Waals surface area contributed by atoms with E-state index in [1.807, 2.05) is 0 Å². The summed E-state index contributed by atoms with van der Waals surface area (Å²) in [5, 5.41) is 0. The van der Waals surface area contributed by atoms with Crippen LogP contribution in [0.1, 0.15) is 79.1 Å². The Kier molecular flexibility index (Phi) is 14.1. The van der Waals surface area contributed by atoms with Crippen LogP contribution in [0.2, 0.25) is 0 Å². The van der Waals surface area contributed by atoms with E-state index in [0.29, 0.717) is 6.42 Å². The Labute approximate surface area is 145 Å². The SMILES string of the molecule is C=C(CCC(C)=O)CCN(CCC)CCC(C/C=C/C)CCC. The molecular formula is C21H39NO. The first kappa shape index (κ1) is 22.1. The van der Waals surface area contributed by atoms with Gasteiger partial charge in [-0.15, -0.1) is 0 Å². The number of rotatable bonds is 15. The second-order valence-corrected chi connectivity index (χ2v) is 6.79. The van der Waals surface area contributed by atoms with Gasteiger partial charge in [-0.3, -0.25) is 0 Å². The van der Waals surface area contributed by atoms with E-state index in [0.717, 1.165) is 25.3 Å². The lowest BCUT2D eigenvalue weighted by Gasteiger charge is -2.25. The maximum Gasteiger partial charge on any atom is 0.130 e. The molecule has 0 amide bonds. The number of carbonyl (C=O) groups is 1. The number of allylic oxidation sites excluding steroid dienone is 2. The molecule has 0 heterocycles. The molecule has 134 valence electrons. The average Bonchev–Trinajstić information content (AvgIpc) is 2.52. The molecule has 1 unspecified atom stereocenters. The molecule has 0 radical (unpaired) electrons. The Morgan fingerprint density at radius 1 is 1.04 bits per heavy atom. The third-order valence-corrected chi connectivity index (χ3v) is 4.41. The molecule has 0 aliphatic carbocycles.